The summed E-state index contributed by atoms with van der Waals surface area (Å²) in [5.41, 5.74) is 5.30. The predicted octanol–water partition coefficient (Wildman–Crippen LogP) is -0.384. The van der Waals surface area contributed by atoms with Crippen molar-refractivity contribution in [2.75, 3.05) is 13.2 Å². The summed E-state index contributed by atoms with van der Waals surface area (Å²) in [5.74, 6) is 0.889. The van der Waals surface area contributed by atoms with Crippen LogP contribution in [0.3, 0.4) is 0 Å². The van der Waals surface area contributed by atoms with Crippen molar-refractivity contribution in [1.82, 2.24) is 20.1 Å². The van der Waals surface area contributed by atoms with E-state index in [9.17, 15) is 4.79 Å². The monoisotopic (exact) mass is 293 g/mol. The average molecular weight is 293 g/mol. The van der Waals surface area contributed by atoms with Crippen LogP contribution in [0.2, 0.25) is 0 Å². The topological polar surface area (TPSA) is 95.1 Å². The highest BCUT2D eigenvalue weighted by Gasteiger charge is 2.71. The van der Waals surface area contributed by atoms with E-state index in [4.69, 9.17) is 10.5 Å². The summed E-state index contributed by atoms with van der Waals surface area (Å²) in [6.45, 7) is 5.24. The molecule has 3 unspecified atom stereocenters. The first-order chi connectivity index (χ1) is 9.89. The molecule has 3 rings (SSSR count). The second-order valence-corrected chi connectivity index (χ2v) is 6.64. The molecule has 1 saturated carbocycles. The first-order valence-electron chi connectivity index (χ1n) is 7.40. The number of carbonyl (C=O) groups is 1. The van der Waals surface area contributed by atoms with E-state index >= 15 is 0 Å². The Morgan fingerprint density at radius 3 is 3.05 bits per heavy atom. The second kappa shape index (κ2) is 4.78. The predicted molar refractivity (Wildman–Crippen MR) is 76.3 cm³/mol. The number of fused-ring (bicyclic) bond motifs is 1. The third kappa shape index (κ3) is 1.91. The van der Waals surface area contributed by atoms with Gasteiger partial charge in [0.15, 0.2) is 0 Å². The van der Waals surface area contributed by atoms with Gasteiger partial charge in [-0.25, -0.2) is 0 Å². The molecule has 1 aliphatic heterocycles. The van der Waals surface area contributed by atoms with Gasteiger partial charge in [-0.3, -0.25) is 4.79 Å². The van der Waals surface area contributed by atoms with Crippen molar-refractivity contribution >= 4 is 5.91 Å². The lowest BCUT2D eigenvalue weighted by Gasteiger charge is -2.60. The molecule has 1 aromatic heterocycles. The van der Waals surface area contributed by atoms with Crippen LogP contribution >= 0.6 is 0 Å². The fourth-order valence-electron chi connectivity index (χ4n) is 3.81. The Kier molecular flexibility index (Phi) is 3.29. The molecule has 0 radical (unpaired) electrons. The number of nitrogens with two attached hydrogens (primary N) is 1. The van der Waals surface area contributed by atoms with Gasteiger partial charge in [-0.05, 0) is 6.42 Å². The summed E-state index contributed by atoms with van der Waals surface area (Å²) in [5, 5.41) is 10.8. The maximum atomic E-state index is 12.6. The first-order valence-corrected chi connectivity index (χ1v) is 7.40. The molecule has 7 heteroatoms. The Bertz CT molecular complexity index is 555. The molecular weight excluding hydrogens is 270 g/mol. The molecule has 2 fully saturated rings. The highest BCUT2D eigenvalue weighted by Crippen LogP contribution is 2.58. The third-order valence-electron chi connectivity index (χ3n) is 5.27. The number of hydrogen-bond donors (Lipinski definition) is 2. The minimum absolute atomic E-state index is 0.0820. The van der Waals surface area contributed by atoms with Gasteiger partial charge in [-0.1, -0.05) is 13.8 Å². The minimum Gasteiger partial charge on any atom is -0.377 e. The molecule has 1 aliphatic carbocycles. The Morgan fingerprint density at radius 1 is 1.62 bits per heavy atom. The van der Waals surface area contributed by atoms with Gasteiger partial charge in [0.25, 0.3) is 0 Å². The van der Waals surface area contributed by atoms with E-state index in [1.807, 2.05) is 25.5 Å². The fourth-order valence-corrected chi connectivity index (χ4v) is 3.81. The van der Waals surface area contributed by atoms with Crippen molar-refractivity contribution in [2.45, 2.75) is 38.3 Å². The summed E-state index contributed by atoms with van der Waals surface area (Å²) in [4.78, 5) is 12.6. The van der Waals surface area contributed by atoms with Crippen molar-refractivity contribution in [1.29, 1.82) is 0 Å². The lowest BCUT2D eigenvalue weighted by Crippen LogP contribution is -2.80. The number of amides is 1. The van der Waals surface area contributed by atoms with Gasteiger partial charge in [0, 0.05) is 38.0 Å². The van der Waals surface area contributed by atoms with Crippen molar-refractivity contribution in [2.24, 2.45) is 24.1 Å². The Labute approximate surface area is 124 Å². The van der Waals surface area contributed by atoms with E-state index in [1.165, 1.54) is 0 Å². The number of rotatable bonds is 4. The summed E-state index contributed by atoms with van der Waals surface area (Å²) in [7, 11) is 1.89. The van der Waals surface area contributed by atoms with Gasteiger partial charge >= 0.3 is 0 Å². The summed E-state index contributed by atoms with van der Waals surface area (Å²) in [6, 6.07) is 0. The molecule has 0 spiro atoms. The number of carbonyl (C=O) groups excluding carboxylic acids is 1. The largest absolute Gasteiger partial charge is 0.377 e. The van der Waals surface area contributed by atoms with Crippen LogP contribution in [0.5, 0.6) is 0 Å². The van der Waals surface area contributed by atoms with E-state index in [0.29, 0.717) is 19.6 Å². The fraction of sp³-hybridized carbons (Fsp3) is 0.786. The molecule has 0 bridgehead atoms. The van der Waals surface area contributed by atoms with Gasteiger partial charge in [-0.2, -0.15) is 0 Å². The van der Waals surface area contributed by atoms with Crippen molar-refractivity contribution in [3.63, 3.8) is 0 Å². The number of hydrogen-bond acceptors (Lipinski definition) is 5. The Hall–Kier alpha value is -1.47. The van der Waals surface area contributed by atoms with Gasteiger partial charge in [0.2, 0.25) is 5.91 Å². The Balaban J connectivity index is 1.61. The van der Waals surface area contributed by atoms with Crippen LogP contribution in [-0.4, -0.2) is 45.5 Å². The molecule has 3 atom stereocenters. The summed E-state index contributed by atoms with van der Waals surface area (Å²) in [6.07, 6.45) is 3.26. The molecule has 116 valence electrons. The highest BCUT2D eigenvalue weighted by atomic mass is 16.5. The number of nitrogens with zero attached hydrogens (tertiary/aromatic N) is 3. The van der Waals surface area contributed by atoms with Crippen LogP contribution in [0.15, 0.2) is 6.33 Å². The van der Waals surface area contributed by atoms with Gasteiger partial charge in [0.05, 0.1) is 6.10 Å². The zero-order valence-electron chi connectivity index (χ0n) is 12.8. The third-order valence-corrected chi connectivity index (χ3v) is 5.27. The average Bonchev–Trinajstić information content (AvgIpc) is 3.06. The zero-order valence-corrected chi connectivity index (χ0v) is 12.8. The standard InChI is InChI=1S/C14H23N5O2/c1-13(2)11-9(5-7-21-11)14(13,15)12(20)16-6-4-10-18-17-8-19(10)3/h8-9,11H,4-7,15H2,1-3H3,(H,16,20). The minimum atomic E-state index is -0.839. The molecule has 0 aromatic carbocycles. The highest BCUT2D eigenvalue weighted by molar-refractivity contribution is 5.89. The molecule has 2 aliphatic rings. The van der Waals surface area contributed by atoms with Crippen LogP contribution in [-0.2, 0) is 23.0 Å². The normalized spacial score (nSPS) is 33.3. The zero-order chi connectivity index (χ0) is 15.3. The van der Waals surface area contributed by atoms with Crippen LogP contribution in [0, 0.1) is 11.3 Å². The number of aromatic nitrogens is 3. The van der Waals surface area contributed by atoms with E-state index in [0.717, 1.165) is 12.2 Å². The molecule has 3 N–H and O–H groups in total. The number of nitrogens with one attached hydrogen (secondary N) is 1. The Morgan fingerprint density at radius 2 is 2.38 bits per heavy atom. The SMILES string of the molecule is Cn1cnnc1CCNC(=O)C1(N)C2CCOC2C1(C)C. The lowest BCUT2D eigenvalue weighted by atomic mass is 9.48. The molecular formula is C14H23N5O2. The molecule has 7 nitrogen and oxygen atoms in total. The van der Waals surface area contributed by atoms with E-state index in [2.05, 4.69) is 15.5 Å². The van der Waals surface area contributed by atoms with Crippen LogP contribution in [0.25, 0.3) is 0 Å². The van der Waals surface area contributed by atoms with Crippen LogP contribution in [0.4, 0.5) is 0 Å². The molecule has 1 amide bonds. The molecule has 21 heavy (non-hydrogen) atoms. The molecule has 2 heterocycles. The quantitative estimate of drug-likeness (QED) is 0.789. The molecule has 1 aromatic rings. The van der Waals surface area contributed by atoms with Crippen molar-refractivity contribution in [3.05, 3.63) is 12.2 Å². The number of ether oxygens (including phenoxy) is 1. The smallest absolute Gasteiger partial charge is 0.241 e. The summed E-state index contributed by atoms with van der Waals surface area (Å²) >= 11 is 0. The van der Waals surface area contributed by atoms with Crippen LogP contribution in [0.1, 0.15) is 26.1 Å². The van der Waals surface area contributed by atoms with E-state index in [-0.39, 0.29) is 23.3 Å². The number of aryl methyl sites for hydroxylation is 1. The molecule has 1 saturated heterocycles. The van der Waals surface area contributed by atoms with Crippen LogP contribution < -0.4 is 11.1 Å². The van der Waals surface area contributed by atoms with Gasteiger partial charge < -0.3 is 20.4 Å². The van der Waals surface area contributed by atoms with E-state index in [1.54, 1.807) is 6.33 Å². The van der Waals surface area contributed by atoms with E-state index < -0.39 is 5.54 Å². The maximum absolute atomic E-state index is 12.6. The van der Waals surface area contributed by atoms with Gasteiger partial charge in [0.1, 0.15) is 17.7 Å². The van der Waals surface area contributed by atoms with Crippen molar-refractivity contribution in [3.8, 4) is 0 Å². The van der Waals surface area contributed by atoms with Crippen molar-refractivity contribution < 1.29 is 9.53 Å². The van der Waals surface area contributed by atoms with Gasteiger partial charge in [-0.15, -0.1) is 10.2 Å². The first kappa shape index (κ1) is 14.5. The summed E-state index contributed by atoms with van der Waals surface area (Å²) < 4.78 is 7.56. The maximum Gasteiger partial charge on any atom is 0.241 e. The lowest BCUT2D eigenvalue weighted by molar-refractivity contribution is -0.175. The second-order valence-electron chi connectivity index (χ2n) is 6.64.